The maximum atomic E-state index is 4.84. The molecule has 1 aliphatic rings. The molecule has 5 heteroatoms. The number of rotatable bonds is 3. The van der Waals surface area contributed by atoms with E-state index >= 15 is 0 Å². The number of guanidine groups is 1. The van der Waals surface area contributed by atoms with E-state index in [1.54, 1.807) is 0 Å². The van der Waals surface area contributed by atoms with Crippen molar-refractivity contribution in [3.63, 3.8) is 0 Å². The Kier molecular flexibility index (Phi) is 7.49. The number of likely N-dealkylation sites (tertiary alicyclic amines) is 1. The average Bonchev–Trinajstić information content (AvgIpc) is 2.61. The number of nitrogens with zero attached hydrogens (tertiary/aromatic N) is 3. The van der Waals surface area contributed by atoms with Crippen molar-refractivity contribution in [2.75, 3.05) is 18.4 Å². The van der Waals surface area contributed by atoms with E-state index in [1.807, 2.05) is 30.5 Å². The standard InChI is InChI=1S/C19H24N4.HI/c1-16-9-8-12-20-18(16)15-21-19(23-13-6-3-7-14-23)22-17-10-4-2-5-11-17;/h2,4-5,8-12H,3,6-7,13-15H2,1H3,(H,21,22);1H. The number of aromatic nitrogens is 1. The third kappa shape index (κ3) is 5.19. The molecule has 1 fully saturated rings. The maximum absolute atomic E-state index is 4.84. The molecule has 1 aromatic heterocycles. The Morgan fingerprint density at radius 3 is 2.54 bits per heavy atom. The number of pyridine rings is 1. The van der Waals surface area contributed by atoms with Gasteiger partial charge in [0.05, 0.1) is 12.2 Å². The Morgan fingerprint density at radius 2 is 1.83 bits per heavy atom. The van der Waals surface area contributed by atoms with Crippen LogP contribution in [0.2, 0.25) is 0 Å². The summed E-state index contributed by atoms with van der Waals surface area (Å²) in [5.74, 6) is 0.959. The average molecular weight is 436 g/mol. The fourth-order valence-corrected chi connectivity index (χ4v) is 2.81. The van der Waals surface area contributed by atoms with Crippen molar-refractivity contribution in [3.8, 4) is 0 Å². The van der Waals surface area contributed by atoms with Crippen LogP contribution in [0, 0.1) is 6.92 Å². The van der Waals surface area contributed by atoms with Gasteiger partial charge in [-0.25, -0.2) is 4.99 Å². The lowest BCUT2D eigenvalue weighted by atomic mass is 10.1. The van der Waals surface area contributed by atoms with Crippen molar-refractivity contribution < 1.29 is 0 Å². The van der Waals surface area contributed by atoms with E-state index in [0.29, 0.717) is 6.54 Å². The predicted octanol–water partition coefficient (Wildman–Crippen LogP) is 4.46. The van der Waals surface area contributed by atoms with Crippen LogP contribution in [0.4, 0.5) is 5.69 Å². The Hall–Kier alpha value is -1.63. The highest BCUT2D eigenvalue weighted by atomic mass is 127. The molecule has 1 saturated heterocycles. The number of aryl methyl sites for hydroxylation is 1. The predicted molar refractivity (Wildman–Crippen MR) is 111 cm³/mol. The van der Waals surface area contributed by atoms with Gasteiger partial charge in [-0.2, -0.15) is 0 Å². The van der Waals surface area contributed by atoms with Crippen molar-refractivity contribution >= 4 is 35.6 Å². The molecule has 2 aromatic rings. The van der Waals surface area contributed by atoms with E-state index in [4.69, 9.17) is 4.99 Å². The van der Waals surface area contributed by atoms with Gasteiger partial charge in [-0.1, -0.05) is 24.3 Å². The molecule has 0 radical (unpaired) electrons. The Labute approximate surface area is 161 Å². The molecule has 0 saturated carbocycles. The van der Waals surface area contributed by atoms with Gasteiger partial charge in [0.25, 0.3) is 0 Å². The van der Waals surface area contributed by atoms with E-state index in [-0.39, 0.29) is 24.0 Å². The number of hydrogen-bond donors (Lipinski definition) is 1. The lowest BCUT2D eigenvalue weighted by Gasteiger charge is -2.30. The second-order valence-electron chi connectivity index (χ2n) is 5.95. The molecule has 1 N–H and O–H groups in total. The third-order valence-corrected chi connectivity index (χ3v) is 4.18. The van der Waals surface area contributed by atoms with E-state index < -0.39 is 0 Å². The van der Waals surface area contributed by atoms with Gasteiger partial charge in [-0.05, 0) is 49.9 Å². The number of halogens is 1. The van der Waals surface area contributed by atoms with Gasteiger partial charge < -0.3 is 10.2 Å². The van der Waals surface area contributed by atoms with Crippen LogP contribution in [0.1, 0.15) is 30.5 Å². The number of piperidine rings is 1. The maximum Gasteiger partial charge on any atom is 0.198 e. The summed E-state index contributed by atoms with van der Waals surface area (Å²) >= 11 is 0. The number of anilines is 1. The highest BCUT2D eigenvalue weighted by molar-refractivity contribution is 14.0. The molecule has 0 bridgehead atoms. The van der Waals surface area contributed by atoms with Gasteiger partial charge in [0.2, 0.25) is 0 Å². The van der Waals surface area contributed by atoms with Crippen molar-refractivity contribution in [2.45, 2.75) is 32.7 Å². The monoisotopic (exact) mass is 436 g/mol. The van der Waals surface area contributed by atoms with E-state index in [9.17, 15) is 0 Å². The van der Waals surface area contributed by atoms with Crippen molar-refractivity contribution in [1.29, 1.82) is 0 Å². The van der Waals surface area contributed by atoms with Crippen LogP contribution >= 0.6 is 24.0 Å². The van der Waals surface area contributed by atoms with E-state index in [0.717, 1.165) is 30.4 Å². The summed E-state index contributed by atoms with van der Waals surface area (Å²) in [6.45, 7) is 4.83. The van der Waals surface area contributed by atoms with Gasteiger partial charge in [0, 0.05) is 25.0 Å². The molecular weight excluding hydrogens is 411 g/mol. The van der Waals surface area contributed by atoms with Crippen LogP contribution in [0.15, 0.2) is 53.7 Å². The highest BCUT2D eigenvalue weighted by Gasteiger charge is 2.15. The van der Waals surface area contributed by atoms with Gasteiger partial charge >= 0.3 is 0 Å². The Bertz CT molecular complexity index is 651. The summed E-state index contributed by atoms with van der Waals surface area (Å²) in [4.78, 5) is 11.6. The molecule has 128 valence electrons. The van der Waals surface area contributed by atoms with Crippen LogP contribution < -0.4 is 5.32 Å². The first-order valence-corrected chi connectivity index (χ1v) is 8.35. The topological polar surface area (TPSA) is 40.5 Å². The van der Waals surface area contributed by atoms with Crippen LogP contribution in [0.25, 0.3) is 0 Å². The smallest absolute Gasteiger partial charge is 0.198 e. The number of hydrogen-bond acceptors (Lipinski definition) is 2. The minimum atomic E-state index is 0. The first kappa shape index (κ1) is 18.7. The molecule has 4 nitrogen and oxygen atoms in total. The molecule has 24 heavy (non-hydrogen) atoms. The van der Waals surface area contributed by atoms with Crippen LogP contribution in [-0.2, 0) is 6.54 Å². The molecule has 3 rings (SSSR count). The van der Waals surface area contributed by atoms with Gasteiger partial charge in [0.1, 0.15) is 0 Å². The number of aliphatic imine (C=N–C) groups is 1. The van der Waals surface area contributed by atoms with Crippen molar-refractivity contribution in [1.82, 2.24) is 9.88 Å². The molecule has 1 aromatic carbocycles. The molecule has 0 unspecified atom stereocenters. The van der Waals surface area contributed by atoms with Gasteiger partial charge in [-0.15, -0.1) is 24.0 Å². The summed E-state index contributed by atoms with van der Waals surface area (Å²) in [6.07, 6.45) is 5.62. The molecule has 1 aliphatic heterocycles. The van der Waals surface area contributed by atoms with Crippen LogP contribution in [0.5, 0.6) is 0 Å². The number of nitrogens with one attached hydrogen (secondary N) is 1. The Morgan fingerprint density at radius 1 is 1.08 bits per heavy atom. The fraction of sp³-hybridized carbons (Fsp3) is 0.368. The van der Waals surface area contributed by atoms with E-state index in [2.05, 4.69) is 40.3 Å². The first-order chi connectivity index (χ1) is 11.3. The second-order valence-corrected chi connectivity index (χ2v) is 5.95. The van der Waals surface area contributed by atoms with Crippen molar-refractivity contribution in [2.24, 2.45) is 4.99 Å². The second kappa shape index (κ2) is 9.61. The SMILES string of the molecule is Cc1cccnc1CN=C(Nc1ccccc1)N1CCCCC1.I. The molecule has 0 amide bonds. The minimum Gasteiger partial charge on any atom is -0.343 e. The molecular formula is C19H25IN4. The zero-order chi connectivity index (χ0) is 15.9. The number of para-hydroxylation sites is 1. The molecule has 0 atom stereocenters. The zero-order valence-electron chi connectivity index (χ0n) is 14.1. The minimum absolute atomic E-state index is 0. The van der Waals surface area contributed by atoms with Crippen molar-refractivity contribution in [3.05, 3.63) is 59.9 Å². The molecule has 2 heterocycles. The van der Waals surface area contributed by atoms with E-state index in [1.165, 1.54) is 24.8 Å². The van der Waals surface area contributed by atoms with Crippen LogP contribution in [0.3, 0.4) is 0 Å². The normalized spacial score (nSPS) is 14.9. The summed E-state index contributed by atoms with van der Waals surface area (Å²) < 4.78 is 0. The third-order valence-electron chi connectivity index (χ3n) is 4.18. The summed E-state index contributed by atoms with van der Waals surface area (Å²) in [7, 11) is 0. The van der Waals surface area contributed by atoms with Gasteiger partial charge in [-0.3, -0.25) is 4.98 Å². The summed E-state index contributed by atoms with van der Waals surface area (Å²) in [5, 5.41) is 3.49. The lowest BCUT2D eigenvalue weighted by molar-refractivity contribution is 0.340. The summed E-state index contributed by atoms with van der Waals surface area (Å²) in [6, 6.07) is 14.3. The fourth-order valence-electron chi connectivity index (χ4n) is 2.81. The largest absolute Gasteiger partial charge is 0.343 e. The molecule has 0 aliphatic carbocycles. The number of benzene rings is 1. The lowest BCUT2D eigenvalue weighted by Crippen LogP contribution is -2.40. The van der Waals surface area contributed by atoms with Crippen LogP contribution in [-0.4, -0.2) is 28.9 Å². The zero-order valence-corrected chi connectivity index (χ0v) is 16.4. The first-order valence-electron chi connectivity index (χ1n) is 8.35. The quantitative estimate of drug-likeness (QED) is 0.439. The Balaban J connectivity index is 0.00000208. The highest BCUT2D eigenvalue weighted by Crippen LogP contribution is 2.14. The molecule has 0 spiro atoms. The van der Waals surface area contributed by atoms with Gasteiger partial charge in [0.15, 0.2) is 5.96 Å². The summed E-state index contributed by atoms with van der Waals surface area (Å²) in [5.41, 5.74) is 3.31.